The minimum Gasteiger partial charge on any atom is -0.323 e. The molecule has 0 radical (unpaired) electrons. The highest BCUT2D eigenvalue weighted by Crippen LogP contribution is 2.58. The molecule has 7 heteroatoms. The molecular weight excluding hydrogens is 400 g/mol. The van der Waals surface area contributed by atoms with E-state index in [1.54, 1.807) is 0 Å². The van der Waals surface area contributed by atoms with Crippen LogP contribution in [0.4, 0.5) is 0 Å². The summed E-state index contributed by atoms with van der Waals surface area (Å²) in [5.74, 6) is 5.70. The Morgan fingerprint density at radius 3 is 2.00 bits per heavy atom. The number of benzene rings is 2. The second-order valence-electron chi connectivity index (χ2n) is 9.18. The molecule has 7 nitrogen and oxygen atoms in total. The summed E-state index contributed by atoms with van der Waals surface area (Å²) in [6.45, 7) is 0. The Morgan fingerprint density at radius 2 is 1.47 bits per heavy atom. The predicted molar refractivity (Wildman–Crippen MR) is 121 cm³/mol. The average molecular weight is 427 g/mol. The second-order valence-corrected chi connectivity index (χ2v) is 9.18. The first kappa shape index (κ1) is 20.4. The molecule has 32 heavy (non-hydrogen) atoms. The van der Waals surface area contributed by atoms with E-state index in [-0.39, 0.29) is 23.1 Å². The summed E-state index contributed by atoms with van der Waals surface area (Å²) < 4.78 is 0. The van der Waals surface area contributed by atoms with E-state index in [1.165, 1.54) is 11.1 Å². The lowest BCUT2D eigenvalue weighted by molar-refractivity contribution is -0.120. The number of nitrogens with one attached hydrogen (secondary N) is 2. The summed E-state index contributed by atoms with van der Waals surface area (Å²) in [5, 5.41) is 11.6. The fourth-order valence-electron chi connectivity index (χ4n) is 6.18. The van der Waals surface area contributed by atoms with Gasteiger partial charge in [0.2, 0.25) is 0 Å². The monoisotopic (exact) mass is 426 g/mol. The van der Waals surface area contributed by atoms with Crippen molar-refractivity contribution in [2.75, 3.05) is 0 Å². The molecule has 0 aromatic heterocycles. The lowest BCUT2D eigenvalue weighted by atomic mass is 9.59. The van der Waals surface area contributed by atoms with Gasteiger partial charge in [-0.15, -0.1) is 0 Å². The Bertz CT molecular complexity index is 1130. The fraction of sp³-hybridized carbons (Fsp3) is 0.360. The van der Waals surface area contributed by atoms with Gasteiger partial charge in [0, 0.05) is 5.57 Å². The van der Waals surface area contributed by atoms with Crippen LogP contribution in [0.25, 0.3) is 5.57 Å². The first-order valence-corrected chi connectivity index (χ1v) is 11.0. The van der Waals surface area contributed by atoms with E-state index in [4.69, 9.17) is 16.9 Å². The number of Topliss-reactive ketones (excluding diaryl/α,β-unsaturated/α-hetero) is 1. The number of carbonyl (C=O) groups is 1. The Hall–Kier alpha value is -3.48. The van der Waals surface area contributed by atoms with Crippen molar-refractivity contribution in [3.05, 3.63) is 77.0 Å². The van der Waals surface area contributed by atoms with Gasteiger partial charge in [-0.3, -0.25) is 4.79 Å². The number of fused-ring (bicyclic) bond motifs is 1. The highest BCUT2D eigenvalue weighted by atomic mass is 16.1. The van der Waals surface area contributed by atoms with Crippen molar-refractivity contribution in [2.45, 2.75) is 44.1 Å². The maximum Gasteiger partial charge on any atom is 0.195 e. The third-order valence-electron chi connectivity index (χ3n) is 7.90. The van der Waals surface area contributed by atoms with E-state index < -0.39 is 11.0 Å². The molecular formula is C25H26N6O. The number of allylic oxidation sites excluding steroid dienone is 2. The van der Waals surface area contributed by atoms with Crippen molar-refractivity contribution in [2.24, 2.45) is 32.5 Å². The first-order chi connectivity index (χ1) is 15.6. The number of rotatable bonds is 4. The molecule has 0 saturated heterocycles. The van der Waals surface area contributed by atoms with Crippen molar-refractivity contribution in [1.82, 2.24) is 0 Å². The van der Waals surface area contributed by atoms with Gasteiger partial charge in [-0.2, -0.15) is 15.3 Å². The van der Waals surface area contributed by atoms with Gasteiger partial charge >= 0.3 is 0 Å². The van der Waals surface area contributed by atoms with E-state index in [0.29, 0.717) is 25.7 Å². The lowest BCUT2D eigenvalue weighted by Crippen LogP contribution is -2.46. The van der Waals surface area contributed by atoms with Gasteiger partial charge in [0.25, 0.3) is 0 Å². The van der Waals surface area contributed by atoms with Gasteiger partial charge in [-0.05, 0) is 61.1 Å². The van der Waals surface area contributed by atoms with Gasteiger partial charge in [0.1, 0.15) is 5.70 Å². The van der Waals surface area contributed by atoms with E-state index >= 15 is 0 Å². The van der Waals surface area contributed by atoms with Crippen molar-refractivity contribution < 1.29 is 4.79 Å². The molecule has 1 saturated carbocycles. The Labute approximate surface area is 186 Å². The average Bonchev–Trinajstić information content (AvgIpc) is 3.38. The van der Waals surface area contributed by atoms with Crippen molar-refractivity contribution in [3.8, 4) is 0 Å². The molecule has 3 aliphatic rings. The minimum absolute atomic E-state index is 0.0856. The van der Waals surface area contributed by atoms with E-state index in [0.717, 1.165) is 24.0 Å². The molecule has 0 heterocycles. The Balaban J connectivity index is 1.52. The third-order valence-corrected chi connectivity index (χ3v) is 7.90. The van der Waals surface area contributed by atoms with Crippen LogP contribution >= 0.6 is 0 Å². The molecule has 162 valence electrons. The van der Waals surface area contributed by atoms with Gasteiger partial charge in [-0.1, -0.05) is 54.6 Å². The normalized spacial score (nSPS) is 29.0. The molecule has 2 aromatic rings. The van der Waals surface area contributed by atoms with E-state index in [1.807, 2.05) is 30.3 Å². The van der Waals surface area contributed by atoms with Gasteiger partial charge in [0.15, 0.2) is 11.5 Å². The largest absolute Gasteiger partial charge is 0.323 e. The molecule has 0 bridgehead atoms. The molecule has 3 aliphatic carbocycles. The first-order valence-electron chi connectivity index (χ1n) is 11.0. The minimum atomic E-state index is -0.820. The summed E-state index contributed by atoms with van der Waals surface area (Å²) in [5.41, 5.74) is 19.2. The summed E-state index contributed by atoms with van der Waals surface area (Å²) in [7, 11) is 0. The summed E-state index contributed by atoms with van der Waals surface area (Å²) >= 11 is 0. The molecule has 0 aliphatic heterocycles. The fourth-order valence-corrected chi connectivity index (χ4v) is 6.18. The molecule has 0 atom stereocenters. The SMILES string of the molecule is N=NC1=C(c2ccccc2)C2(CCC(N=N)(C3Cc4ccccc4C3)CC2)C(=O)C1=NN. The summed E-state index contributed by atoms with van der Waals surface area (Å²) in [4.78, 5) is 13.6. The van der Waals surface area contributed by atoms with E-state index in [2.05, 4.69) is 39.6 Å². The zero-order valence-corrected chi connectivity index (χ0v) is 17.8. The third kappa shape index (κ3) is 2.80. The van der Waals surface area contributed by atoms with Crippen LogP contribution < -0.4 is 5.84 Å². The van der Waals surface area contributed by atoms with Crippen LogP contribution in [-0.2, 0) is 17.6 Å². The Kier molecular flexibility index (Phi) is 4.84. The lowest BCUT2D eigenvalue weighted by Gasteiger charge is -2.45. The second kappa shape index (κ2) is 7.58. The van der Waals surface area contributed by atoms with Crippen LogP contribution in [0, 0.1) is 22.4 Å². The van der Waals surface area contributed by atoms with Crippen molar-refractivity contribution in [3.63, 3.8) is 0 Å². The highest BCUT2D eigenvalue weighted by Gasteiger charge is 2.58. The van der Waals surface area contributed by atoms with Crippen LogP contribution in [0.15, 0.2) is 75.6 Å². The topological polar surface area (TPSA) is 128 Å². The van der Waals surface area contributed by atoms with Crippen LogP contribution in [-0.4, -0.2) is 17.0 Å². The number of hydrogen-bond donors (Lipinski definition) is 3. The van der Waals surface area contributed by atoms with Crippen molar-refractivity contribution >= 4 is 17.1 Å². The number of nitrogens with zero attached hydrogens (tertiary/aromatic N) is 3. The molecule has 1 fully saturated rings. The predicted octanol–water partition coefficient (Wildman–Crippen LogP) is 5.07. The maximum atomic E-state index is 13.6. The molecule has 5 rings (SSSR count). The van der Waals surface area contributed by atoms with Gasteiger partial charge < -0.3 is 5.84 Å². The number of hydrogen-bond acceptors (Lipinski definition) is 7. The number of hydrazone groups is 1. The van der Waals surface area contributed by atoms with Crippen LogP contribution in [0.2, 0.25) is 0 Å². The van der Waals surface area contributed by atoms with Crippen LogP contribution in [0.5, 0.6) is 0 Å². The molecule has 0 unspecified atom stereocenters. The van der Waals surface area contributed by atoms with Gasteiger partial charge in [-0.25, -0.2) is 11.1 Å². The molecule has 4 N–H and O–H groups in total. The van der Waals surface area contributed by atoms with Crippen LogP contribution in [0.3, 0.4) is 0 Å². The van der Waals surface area contributed by atoms with Gasteiger partial charge in [0.05, 0.1) is 11.0 Å². The Morgan fingerprint density at radius 1 is 0.875 bits per heavy atom. The molecule has 0 amide bonds. The summed E-state index contributed by atoms with van der Waals surface area (Å²) in [6, 6.07) is 18.1. The molecule has 2 aromatic carbocycles. The number of nitrogens with two attached hydrogens (primary N) is 1. The maximum absolute atomic E-state index is 13.6. The number of ketones is 1. The van der Waals surface area contributed by atoms with E-state index in [9.17, 15) is 4.79 Å². The zero-order valence-electron chi connectivity index (χ0n) is 17.8. The van der Waals surface area contributed by atoms with Crippen LogP contribution in [0.1, 0.15) is 42.4 Å². The number of carbonyl (C=O) groups excluding carboxylic acids is 1. The smallest absolute Gasteiger partial charge is 0.195 e. The zero-order chi connectivity index (χ0) is 22.3. The highest BCUT2D eigenvalue weighted by molar-refractivity contribution is 6.54. The summed E-state index contributed by atoms with van der Waals surface area (Å²) in [6.07, 6.45) is 4.21. The standard InChI is InChI=1S/C25H26N6O/c26-29-21-20(16-6-2-1-3-7-16)24(23(32)22(21)30-27)10-12-25(31-28,13-11-24)19-14-17-8-4-5-9-18(17)15-19/h1-9,19,26,28H,10-15,27H2. The quantitative estimate of drug-likeness (QED) is 0.358. The van der Waals surface area contributed by atoms with Crippen molar-refractivity contribution in [1.29, 1.82) is 11.1 Å². The molecule has 1 spiro atoms.